The summed E-state index contributed by atoms with van der Waals surface area (Å²) in [6.07, 6.45) is 0. The van der Waals surface area contributed by atoms with E-state index < -0.39 is 8.69 Å². The molecule has 2 nitrogen and oxygen atoms in total. The normalized spacial score (nSPS) is 5.25. The Bertz CT molecular complexity index is 13.5. The minimum absolute atomic E-state index is 0. The van der Waals surface area contributed by atoms with Gasteiger partial charge in [0.25, 0.3) is 0 Å². The summed E-state index contributed by atoms with van der Waals surface area (Å²) in [5, 5.41) is 0. The first-order valence-corrected chi connectivity index (χ1v) is 1.15. The van der Waals surface area contributed by atoms with E-state index in [9.17, 15) is 0 Å². The largest absolute Gasteiger partial charge is 0.324 e. The Morgan fingerprint density at radius 3 is 1.75 bits per heavy atom. The third kappa shape index (κ3) is 17.2. The Balaban J connectivity index is 0. The van der Waals surface area contributed by atoms with Crippen molar-refractivity contribution in [2.45, 2.75) is 0 Å². The maximum absolute atomic E-state index is 8.46. The Morgan fingerprint density at radius 2 is 1.75 bits per heavy atom. The van der Waals surface area contributed by atoms with Crippen molar-refractivity contribution in [3.63, 3.8) is 0 Å². The fraction of sp³-hybridized carbons (Fsp3) is 0. The van der Waals surface area contributed by atoms with Crippen LogP contribution >= 0.6 is 8.69 Å². The van der Waals surface area contributed by atoms with Crippen molar-refractivity contribution in [3.8, 4) is 0 Å². The average molecular weight is 115 g/mol. The van der Waals surface area contributed by atoms with E-state index in [0.29, 0.717) is 0 Å². The predicted octanol–water partition coefficient (Wildman–Crippen LogP) is 0.183. The van der Waals surface area contributed by atoms with Crippen LogP contribution in [-0.2, 0) is 23.1 Å². The second-order valence-electron chi connectivity index (χ2n) is 0.0816. The van der Waals surface area contributed by atoms with Gasteiger partial charge in [-0.2, -0.15) is 0 Å². The molecule has 0 amide bonds. The summed E-state index contributed by atoms with van der Waals surface area (Å²) in [5.74, 6) is 0. The van der Waals surface area contributed by atoms with Crippen LogP contribution in [0.15, 0.2) is 0 Å². The monoisotopic (exact) mass is 115 g/mol. The average Bonchev–Trinajstić information content (AvgIpc) is 0.918. The number of hydrogen-bond donors (Lipinski definition) is 1. The summed E-state index contributed by atoms with van der Waals surface area (Å²) in [4.78, 5) is 6.99. The zero-order valence-electron chi connectivity index (χ0n) is 1.75. The zero-order valence-corrected chi connectivity index (χ0v) is 4.04. The van der Waals surface area contributed by atoms with E-state index in [1.807, 2.05) is 0 Å². The van der Waals surface area contributed by atoms with Gasteiger partial charge >= 0.3 is 8.69 Å². The van der Waals surface area contributed by atoms with Gasteiger partial charge in [0.2, 0.25) is 0 Å². The first kappa shape index (κ1) is 8.82. The SMILES string of the molecule is O=PO.[V]. The van der Waals surface area contributed by atoms with Gasteiger partial charge in [-0.25, -0.2) is 4.57 Å². The van der Waals surface area contributed by atoms with Gasteiger partial charge in [0.15, 0.2) is 0 Å². The second-order valence-corrected chi connectivity index (χ2v) is 0.245. The van der Waals surface area contributed by atoms with Crippen molar-refractivity contribution in [3.05, 3.63) is 0 Å². The third-order valence-corrected chi connectivity index (χ3v) is 0. The molecule has 0 aromatic carbocycles. The van der Waals surface area contributed by atoms with Crippen molar-refractivity contribution < 1.29 is 28.0 Å². The summed E-state index contributed by atoms with van der Waals surface area (Å²) in [5.41, 5.74) is 0. The Hall–Kier alpha value is 0.644. The molecule has 0 rings (SSSR count). The molecule has 4 heteroatoms. The molecule has 0 fully saturated rings. The summed E-state index contributed by atoms with van der Waals surface area (Å²) in [6.45, 7) is 0. The van der Waals surface area contributed by atoms with Crippen LogP contribution in [0, 0.1) is 0 Å². The van der Waals surface area contributed by atoms with E-state index in [0.717, 1.165) is 0 Å². The van der Waals surface area contributed by atoms with Gasteiger partial charge in [-0.3, -0.25) is 0 Å². The smallest absolute Gasteiger partial charge is 0.310 e. The maximum atomic E-state index is 8.46. The van der Waals surface area contributed by atoms with Gasteiger partial charge in [-0.1, -0.05) is 0 Å². The van der Waals surface area contributed by atoms with Gasteiger partial charge in [0.05, 0.1) is 0 Å². The predicted molar refractivity (Wildman–Crippen MR) is 9.83 cm³/mol. The van der Waals surface area contributed by atoms with E-state index >= 15 is 0 Å². The van der Waals surface area contributed by atoms with Crippen LogP contribution in [0.4, 0.5) is 0 Å². The molecule has 0 atom stereocenters. The minimum Gasteiger partial charge on any atom is -0.310 e. The van der Waals surface area contributed by atoms with Crippen LogP contribution in [-0.4, -0.2) is 4.89 Å². The summed E-state index contributed by atoms with van der Waals surface area (Å²) >= 11 is 0. The van der Waals surface area contributed by atoms with E-state index in [4.69, 9.17) is 9.46 Å². The molecule has 0 aliphatic rings. The first-order valence-electron chi connectivity index (χ1n) is 0.383. The van der Waals surface area contributed by atoms with Gasteiger partial charge in [-0.15, -0.1) is 0 Å². The molecular weight excluding hydrogens is 114 g/mol. The number of hydrogen-bond acceptors (Lipinski definition) is 1. The molecule has 1 N–H and O–H groups in total. The molecule has 0 aromatic rings. The molecular formula is HO2PV. The first-order chi connectivity index (χ1) is 1.41. The molecule has 23 valence electrons. The molecule has 0 unspecified atom stereocenters. The van der Waals surface area contributed by atoms with Crippen LogP contribution in [0.5, 0.6) is 0 Å². The Labute approximate surface area is 37.4 Å². The fourth-order valence-corrected chi connectivity index (χ4v) is 0. The van der Waals surface area contributed by atoms with Crippen LogP contribution < -0.4 is 0 Å². The summed E-state index contributed by atoms with van der Waals surface area (Å²) in [6, 6.07) is 0. The van der Waals surface area contributed by atoms with Crippen LogP contribution in [0.1, 0.15) is 0 Å². The fourth-order valence-electron chi connectivity index (χ4n) is 0. The molecule has 0 heterocycles. The standard InChI is InChI=1S/HO2P.V/c1-3-2;/h(H,1,2);. The van der Waals surface area contributed by atoms with E-state index in [1.54, 1.807) is 0 Å². The molecule has 0 bridgehead atoms. The summed E-state index contributed by atoms with van der Waals surface area (Å²) in [7, 11) is -0.833. The summed E-state index contributed by atoms with van der Waals surface area (Å²) < 4.78 is 8.46. The van der Waals surface area contributed by atoms with Crippen LogP contribution in [0.2, 0.25) is 0 Å². The van der Waals surface area contributed by atoms with Gasteiger partial charge in [0, 0.05) is 18.6 Å². The number of rotatable bonds is 0. The molecule has 0 aromatic heterocycles. The van der Waals surface area contributed by atoms with Gasteiger partial charge in [0.1, 0.15) is 0 Å². The molecule has 0 aliphatic carbocycles. The van der Waals surface area contributed by atoms with Crippen molar-refractivity contribution in [2.24, 2.45) is 0 Å². The topological polar surface area (TPSA) is 37.3 Å². The molecule has 0 spiro atoms. The van der Waals surface area contributed by atoms with E-state index in [2.05, 4.69) is 0 Å². The molecule has 0 aliphatic heterocycles. The van der Waals surface area contributed by atoms with Crippen LogP contribution in [0.3, 0.4) is 0 Å². The van der Waals surface area contributed by atoms with Gasteiger partial charge in [-0.05, 0) is 0 Å². The second kappa shape index (κ2) is 9.42. The van der Waals surface area contributed by atoms with Crippen LogP contribution in [0.25, 0.3) is 0 Å². The van der Waals surface area contributed by atoms with Crippen molar-refractivity contribution in [2.75, 3.05) is 0 Å². The van der Waals surface area contributed by atoms with Gasteiger partial charge < -0.3 is 4.89 Å². The molecule has 0 saturated carbocycles. The zero-order chi connectivity index (χ0) is 2.71. The Morgan fingerprint density at radius 1 is 1.75 bits per heavy atom. The molecule has 1 radical (unpaired) electrons. The quantitative estimate of drug-likeness (QED) is 0.457. The molecule has 0 saturated heterocycles. The third-order valence-electron chi connectivity index (χ3n) is 0. The van der Waals surface area contributed by atoms with Crippen molar-refractivity contribution in [1.82, 2.24) is 0 Å². The van der Waals surface area contributed by atoms with Crippen molar-refractivity contribution >= 4 is 8.69 Å². The minimum atomic E-state index is -0.833. The van der Waals surface area contributed by atoms with Crippen molar-refractivity contribution in [1.29, 1.82) is 0 Å². The Kier molecular flexibility index (Phi) is 20.8. The maximum Gasteiger partial charge on any atom is 0.324 e. The van der Waals surface area contributed by atoms with E-state index in [1.165, 1.54) is 0 Å². The van der Waals surface area contributed by atoms with E-state index in [-0.39, 0.29) is 18.6 Å². The molecule has 4 heavy (non-hydrogen) atoms.